The number of nitrogens with two attached hydrogens (primary N) is 1. The molecular weight excluding hydrogens is 280 g/mol. The number of hydrogen-bond donors (Lipinski definition) is 2. The number of amides is 2. The minimum atomic E-state index is -0.733. The highest BCUT2D eigenvalue weighted by Gasteiger charge is 2.16. The van der Waals surface area contributed by atoms with E-state index in [4.69, 9.17) is 19.9 Å². The van der Waals surface area contributed by atoms with Gasteiger partial charge in [0.2, 0.25) is 5.91 Å². The Bertz CT molecular complexity index is 543. The van der Waals surface area contributed by atoms with Crippen molar-refractivity contribution in [3.8, 4) is 11.5 Å². The Morgan fingerprint density at radius 3 is 2.48 bits per heavy atom. The van der Waals surface area contributed by atoms with Gasteiger partial charge in [-0.05, 0) is 12.1 Å². The molecule has 21 heavy (non-hydrogen) atoms. The smallest absolute Gasteiger partial charge is 0.342 e. The van der Waals surface area contributed by atoms with Crippen LogP contribution in [0.15, 0.2) is 18.2 Å². The number of hydrogen-bond acceptors (Lipinski definition) is 6. The molecule has 0 saturated heterocycles. The van der Waals surface area contributed by atoms with Crippen LogP contribution in [0, 0.1) is 0 Å². The third kappa shape index (κ3) is 5.01. The van der Waals surface area contributed by atoms with Crippen molar-refractivity contribution in [2.75, 3.05) is 27.4 Å². The van der Waals surface area contributed by atoms with E-state index in [0.29, 0.717) is 5.75 Å². The maximum Gasteiger partial charge on any atom is 0.342 e. The summed E-state index contributed by atoms with van der Waals surface area (Å²) in [4.78, 5) is 33.6. The summed E-state index contributed by atoms with van der Waals surface area (Å²) in [5.41, 5.74) is 5.02. The van der Waals surface area contributed by atoms with Crippen LogP contribution >= 0.6 is 0 Å². The molecule has 3 N–H and O–H groups in total. The van der Waals surface area contributed by atoms with Crippen LogP contribution in [0.3, 0.4) is 0 Å². The van der Waals surface area contributed by atoms with Crippen LogP contribution in [-0.4, -0.2) is 45.2 Å². The standard InChI is InChI=1S/C13H16N2O6/c1-19-8-3-4-9(10(5-8)20-2)13(18)21-7-12(17)15-6-11(14)16/h3-5H,6-7H2,1-2H3,(H2,14,16)(H,15,17). The second-order valence-electron chi connectivity index (χ2n) is 3.89. The molecule has 0 aromatic heterocycles. The van der Waals surface area contributed by atoms with Crippen LogP contribution < -0.4 is 20.5 Å². The Morgan fingerprint density at radius 1 is 1.19 bits per heavy atom. The summed E-state index contributed by atoms with van der Waals surface area (Å²) >= 11 is 0. The minimum absolute atomic E-state index is 0.154. The first kappa shape index (κ1) is 16.3. The number of methoxy groups -OCH3 is 2. The summed E-state index contributed by atoms with van der Waals surface area (Å²) in [7, 11) is 2.88. The molecule has 0 saturated carbocycles. The van der Waals surface area contributed by atoms with Gasteiger partial charge in [0, 0.05) is 6.07 Å². The van der Waals surface area contributed by atoms with Gasteiger partial charge in [0.05, 0.1) is 20.8 Å². The van der Waals surface area contributed by atoms with Crippen molar-refractivity contribution in [2.24, 2.45) is 5.73 Å². The molecule has 0 aliphatic heterocycles. The number of nitrogens with one attached hydrogen (secondary N) is 1. The van der Waals surface area contributed by atoms with Crippen LogP contribution in [0.2, 0.25) is 0 Å². The zero-order valence-electron chi connectivity index (χ0n) is 11.7. The van der Waals surface area contributed by atoms with E-state index in [2.05, 4.69) is 5.32 Å². The predicted octanol–water partition coefficient (Wildman–Crippen LogP) is -0.538. The molecule has 8 nitrogen and oxygen atoms in total. The Kier molecular flexibility index (Phi) is 5.99. The fourth-order valence-corrected chi connectivity index (χ4v) is 1.41. The largest absolute Gasteiger partial charge is 0.497 e. The van der Waals surface area contributed by atoms with Gasteiger partial charge in [-0.3, -0.25) is 9.59 Å². The Balaban J connectivity index is 2.63. The molecule has 0 aliphatic rings. The number of primary amides is 1. The van der Waals surface area contributed by atoms with Crippen LogP contribution in [0.1, 0.15) is 10.4 Å². The lowest BCUT2D eigenvalue weighted by atomic mass is 10.2. The molecule has 1 aromatic rings. The zero-order chi connectivity index (χ0) is 15.8. The first-order chi connectivity index (χ1) is 9.97. The van der Waals surface area contributed by atoms with Gasteiger partial charge in [-0.2, -0.15) is 0 Å². The van der Waals surface area contributed by atoms with E-state index in [-0.39, 0.29) is 17.9 Å². The molecule has 2 amide bonds. The fraction of sp³-hybridized carbons (Fsp3) is 0.308. The maximum absolute atomic E-state index is 11.9. The molecule has 0 aliphatic carbocycles. The van der Waals surface area contributed by atoms with Crippen molar-refractivity contribution < 1.29 is 28.6 Å². The van der Waals surface area contributed by atoms with Crippen molar-refractivity contribution in [3.63, 3.8) is 0 Å². The van der Waals surface area contributed by atoms with Crippen molar-refractivity contribution in [1.82, 2.24) is 5.32 Å². The molecule has 1 rings (SSSR count). The lowest BCUT2D eigenvalue weighted by molar-refractivity contribution is -0.127. The number of carbonyl (C=O) groups excluding carboxylic acids is 3. The molecule has 0 radical (unpaired) electrons. The number of rotatable bonds is 7. The summed E-state index contributed by atoms with van der Waals surface area (Å²) in [6.45, 7) is -0.844. The Morgan fingerprint density at radius 2 is 1.90 bits per heavy atom. The molecule has 0 atom stereocenters. The lowest BCUT2D eigenvalue weighted by Crippen LogP contribution is -2.36. The number of carbonyl (C=O) groups is 3. The maximum atomic E-state index is 11.9. The molecule has 8 heteroatoms. The first-order valence-corrected chi connectivity index (χ1v) is 5.92. The SMILES string of the molecule is COc1ccc(C(=O)OCC(=O)NCC(N)=O)c(OC)c1. The van der Waals surface area contributed by atoms with Crippen molar-refractivity contribution >= 4 is 17.8 Å². The molecule has 1 aromatic carbocycles. The number of esters is 1. The molecule has 0 heterocycles. The van der Waals surface area contributed by atoms with Crippen LogP contribution in [0.25, 0.3) is 0 Å². The normalized spacial score (nSPS) is 9.62. The van der Waals surface area contributed by atoms with E-state index in [0.717, 1.165) is 0 Å². The lowest BCUT2D eigenvalue weighted by Gasteiger charge is -2.10. The topological polar surface area (TPSA) is 117 Å². The van der Waals surface area contributed by atoms with E-state index >= 15 is 0 Å². The van der Waals surface area contributed by atoms with Crippen molar-refractivity contribution in [2.45, 2.75) is 0 Å². The van der Waals surface area contributed by atoms with Gasteiger partial charge in [0.25, 0.3) is 5.91 Å². The van der Waals surface area contributed by atoms with Crippen molar-refractivity contribution in [1.29, 1.82) is 0 Å². The third-order valence-corrected chi connectivity index (χ3v) is 2.42. The fourth-order valence-electron chi connectivity index (χ4n) is 1.41. The molecular formula is C13H16N2O6. The molecule has 0 bridgehead atoms. The number of benzene rings is 1. The van der Waals surface area contributed by atoms with Gasteiger partial charge in [-0.1, -0.05) is 0 Å². The summed E-state index contributed by atoms with van der Waals surface area (Å²) < 4.78 is 14.9. The summed E-state index contributed by atoms with van der Waals surface area (Å²) in [6.07, 6.45) is 0. The van der Waals surface area contributed by atoms with Gasteiger partial charge in [-0.15, -0.1) is 0 Å². The quantitative estimate of drug-likeness (QED) is 0.653. The first-order valence-electron chi connectivity index (χ1n) is 5.92. The molecule has 0 spiro atoms. The van der Waals surface area contributed by atoms with E-state index in [1.165, 1.54) is 26.4 Å². The Hall–Kier alpha value is -2.77. The second kappa shape index (κ2) is 7.73. The Labute approximate surface area is 121 Å². The van der Waals surface area contributed by atoms with Gasteiger partial charge >= 0.3 is 5.97 Å². The van der Waals surface area contributed by atoms with Gasteiger partial charge in [0.15, 0.2) is 6.61 Å². The minimum Gasteiger partial charge on any atom is -0.497 e. The highest BCUT2D eigenvalue weighted by Crippen LogP contribution is 2.25. The highest BCUT2D eigenvalue weighted by atomic mass is 16.5. The molecule has 0 unspecified atom stereocenters. The average Bonchev–Trinajstić information content (AvgIpc) is 2.49. The van der Waals surface area contributed by atoms with Crippen LogP contribution in [0.5, 0.6) is 11.5 Å². The van der Waals surface area contributed by atoms with Crippen molar-refractivity contribution in [3.05, 3.63) is 23.8 Å². The van der Waals surface area contributed by atoms with Crippen LogP contribution in [-0.2, 0) is 14.3 Å². The molecule has 114 valence electrons. The number of ether oxygens (including phenoxy) is 3. The summed E-state index contributed by atoms with van der Waals surface area (Å²) in [5, 5.41) is 2.19. The van der Waals surface area contributed by atoms with E-state index in [1.54, 1.807) is 6.07 Å². The van der Waals surface area contributed by atoms with Gasteiger partial charge in [0.1, 0.15) is 17.1 Å². The molecule has 0 fully saturated rings. The second-order valence-corrected chi connectivity index (χ2v) is 3.89. The summed E-state index contributed by atoms with van der Waals surface area (Å²) in [6, 6.07) is 4.54. The van der Waals surface area contributed by atoms with E-state index in [1.807, 2.05) is 0 Å². The highest BCUT2D eigenvalue weighted by molar-refractivity contribution is 5.94. The van der Waals surface area contributed by atoms with E-state index in [9.17, 15) is 14.4 Å². The zero-order valence-corrected chi connectivity index (χ0v) is 11.7. The summed E-state index contributed by atoms with van der Waals surface area (Å²) in [5.74, 6) is -1.27. The monoisotopic (exact) mass is 296 g/mol. The third-order valence-electron chi connectivity index (χ3n) is 2.42. The average molecular weight is 296 g/mol. The van der Waals surface area contributed by atoms with Crippen LogP contribution in [0.4, 0.5) is 0 Å². The van der Waals surface area contributed by atoms with Gasteiger partial charge < -0.3 is 25.3 Å². The predicted molar refractivity (Wildman–Crippen MR) is 72.0 cm³/mol. The van der Waals surface area contributed by atoms with E-state index < -0.39 is 24.4 Å². The van der Waals surface area contributed by atoms with Gasteiger partial charge in [-0.25, -0.2) is 4.79 Å².